The zero-order valence-electron chi connectivity index (χ0n) is 9.71. The zero-order chi connectivity index (χ0) is 10.9. The molecule has 0 radical (unpaired) electrons. The van der Waals surface area contributed by atoms with E-state index in [0.29, 0.717) is 6.04 Å². The van der Waals surface area contributed by atoms with Crippen molar-refractivity contribution >= 4 is 0 Å². The number of hydrazine groups is 1. The van der Waals surface area contributed by atoms with E-state index in [2.05, 4.69) is 5.43 Å². The van der Waals surface area contributed by atoms with E-state index in [-0.39, 0.29) is 0 Å². The zero-order valence-corrected chi connectivity index (χ0v) is 9.71. The molecule has 4 heteroatoms. The quantitative estimate of drug-likeness (QED) is 0.379. The van der Waals surface area contributed by atoms with E-state index in [1.807, 2.05) is 6.92 Å². The minimum absolute atomic E-state index is 0.389. The first-order valence-electron chi connectivity index (χ1n) is 5.98. The first kappa shape index (κ1) is 12.9. The van der Waals surface area contributed by atoms with Crippen LogP contribution in [0.3, 0.4) is 0 Å². The number of nitrogens with one attached hydrogen (secondary N) is 1. The number of hydrogen-bond donors (Lipinski definition) is 2. The lowest BCUT2D eigenvalue weighted by Gasteiger charge is -2.26. The fourth-order valence-electron chi connectivity index (χ4n) is 2.02. The molecule has 1 aliphatic rings. The Morgan fingerprint density at radius 3 is 2.80 bits per heavy atom. The van der Waals surface area contributed by atoms with Crippen molar-refractivity contribution in [2.24, 2.45) is 11.8 Å². The molecule has 90 valence electrons. The molecule has 0 spiro atoms. The third kappa shape index (κ3) is 5.47. The lowest BCUT2D eigenvalue weighted by atomic mass is 9.92. The molecule has 1 saturated heterocycles. The van der Waals surface area contributed by atoms with Gasteiger partial charge in [0.25, 0.3) is 0 Å². The third-order valence-electron chi connectivity index (χ3n) is 3.01. The van der Waals surface area contributed by atoms with Gasteiger partial charge in [0, 0.05) is 32.5 Å². The predicted molar refractivity (Wildman–Crippen MR) is 60.4 cm³/mol. The van der Waals surface area contributed by atoms with E-state index in [4.69, 9.17) is 15.3 Å². The summed E-state index contributed by atoms with van der Waals surface area (Å²) in [5.74, 6) is 6.30. The predicted octanol–water partition coefficient (Wildman–Crippen LogP) is 1.06. The van der Waals surface area contributed by atoms with Crippen molar-refractivity contribution in [3.8, 4) is 0 Å². The molecule has 0 amide bonds. The lowest BCUT2D eigenvalue weighted by molar-refractivity contribution is 0.0579. The molecule has 1 aliphatic heterocycles. The molecule has 0 saturated carbocycles. The van der Waals surface area contributed by atoms with E-state index in [0.717, 1.165) is 45.2 Å². The summed E-state index contributed by atoms with van der Waals surface area (Å²) in [5, 5.41) is 0. The van der Waals surface area contributed by atoms with Gasteiger partial charge in [0.2, 0.25) is 0 Å². The van der Waals surface area contributed by atoms with Crippen molar-refractivity contribution in [1.29, 1.82) is 0 Å². The molecule has 1 heterocycles. The van der Waals surface area contributed by atoms with Crippen LogP contribution in [-0.4, -0.2) is 32.5 Å². The topological polar surface area (TPSA) is 56.5 Å². The third-order valence-corrected chi connectivity index (χ3v) is 3.01. The van der Waals surface area contributed by atoms with Crippen LogP contribution in [0.1, 0.15) is 32.6 Å². The molecular weight excluding hydrogens is 192 g/mol. The SMILES string of the molecule is CCOCCC(CC1CCOCC1)NN. The van der Waals surface area contributed by atoms with Crippen molar-refractivity contribution in [3.05, 3.63) is 0 Å². The molecule has 0 bridgehead atoms. The van der Waals surface area contributed by atoms with Crippen molar-refractivity contribution in [2.75, 3.05) is 26.4 Å². The van der Waals surface area contributed by atoms with Gasteiger partial charge in [-0.25, -0.2) is 0 Å². The Morgan fingerprint density at radius 1 is 1.47 bits per heavy atom. The first-order chi connectivity index (χ1) is 7.36. The van der Waals surface area contributed by atoms with Crippen LogP contribution in [0.2, 0.25) is 0 Å². The van der Waals surface area contributed by atoms with Crippen molar-refractivity contribution in [1.82, 2.24) is 5.43 Å². The lowest BCUT2D eigenvalue weighted by Crippen LogP contribution is -2.38. The minimum atomic E-state index is 0.389. The second-order valence-electron chi connectivity index (χ2n) is 4.14. The maximum absolute atomic E-state index is 5.54. The number of nitrogens with two attached hydrogens (primary N) is 1. The van der Waals surface area contributed by atoms with Gasteiger partial charge in [0.1, 0.15) is 0 Å². The van der Waals surface area contributed by atoms with Gasteiger partial charge >= 0.3 is 0 Å². The molecule has 3 N–H and O–H groups in total. The average molecular weight is 216 g/mol. The van der Waals surface area contributed by atoms with Crippen LogP contribution in [0.15, 0.2) is 0 Å². The molecular formula is C11H24N2O2. The van der Waals surface area contributed by atoms with Crippen LogP contribution < -0.4 is 11.3 Å². The number of ether oxygens (including phenoxy) is 2. The minimum Gasteiger partial charge on any atom is -0.382 e. The van der Waals surface area contributed by atoms with Crippen LogP contribution in [0.25, 0.3) is 0 Å². The van der Waals surface area contributed by atoms with Gasteiger partial charge in [0.05, 0.1) is 0 Å². The summed E-state index contributed by atoms with van der Waals surface area (Å²) in [6.45, 7) is 5.42. The monoisotopic (exact) mass is 216 g/mol. The second-order valence-corrected chi connectivity index (χ2v) is 4.14. The summed E-state index contributed by atoms with van der Waals surface area (Å²) in [7, 11) is 0. The van der Waals surface area contributed by atoms with Crippen LogP contribution in [0.4, 0.5) is 0 Å². The Morgan fingerprint density at radius 2 is 2.20 bits per heavy atom. The molecule has 1 unspecified atom stereocenters. The van der Waals surface area contributed by atoms with Crippen molar-refractivity contribution in [3.63, 3.8) is 0 Å². The smallest absolute Gasteiger partial charge is 0.0481 e. The van der Waals surface area contributed by atoms with E-state index >= 15 is 0 Å². The average Bonchev–Trinajstić information content (AvgIpc) is 2.29. The summed E-state index contributed by atoms with van der Waals surface area (Å²) < 4.78 is 10.7. The molecule has 1 atom stereocenters. The largest absolute Gasteiger partial charge is 0.382 e. The van der Waals surface area contributed by atoms with Crippen LogP contribution in [0, 0.1) is 5.92 Å². The molecule has 0 aromatic carbocycles. The fourth-order valence-corrected chi connectivity index (χ4v) is 2.02. The molecule has 4 nitrogen and oxygen atoms in total. The summed E-state index contributed by atoms with van der Waals surface area (Å²) in [6.07, 6.45) is 4.49. The first-order valence-corrected chi connectivity index (χ1v) is 5.98. The Bertz CT molecular complexity index is 150. The summed E-state index contributed by atoms with van der Waals surface area (Å²) in [6, 6.07) is 0.389. The molecule has 15 heavy (non-hydrogen) atoms. The standard InChI is InChI=1S/C11H24N2O2/c1-2-14-8-5-11(13-12)9-10-3-6-15-7-4-10/h10-11,13H,2-9,12H2,1H3. The van der Waals surface area contributed by atoms with Crippen molar-refractivity contribution < 1.29 is 9.47 Å². The van der Waals surface area contributed by atoms with E-state index in [9.17, 15) is 0 Å². The highest BCUT2D eigenvalue weighted by Crippen LogP contribution is 2.20. The van der Waals surface area contributed by atoms with Gasteiger partial charge in [-0.2, -0.15) is 0 Å². The molecule has 0 aliphatic carbocycles. The van der Waals surface area contributed by atoms with Gasteiger partial charge in [-0.1, -0.05) is 0 Å². The molecule has 0 aromatic heterocycles. The molecule has 1 rings (SSSR count). The van der Waals surface area contributed by atoms with Gasteiger partial charge in [-0.3, -0.25) is 11.3 Å². The Hall–Kier alpha value is -0.160. The Labute approximate surface area is 92.5 Å². The normalized spacial score (nSPS) is 20.4. The fraction of sp³-hybridized carbons (Fsp3) is 1.00. The van der Waals surface area contributed by atoms with E-state index in [1.54, 1.807) is 0 Å². The highest BCUT2D eigenvalue weighted by Gasteiger charge is 2.18. The van der Waals surface area contributed by atoms with Crippen molar-refractivity contribution in [2.45, 2.75) is 38.6 Å². The highest BCUT2D eigenvalue weighted by atomic mass is 16.5. The van der Waals surface area contributed by atoms with Gasteiger partial charge in [-0.15, -0.1) is 0 Å². The van der Waals surface area contributed by atoms with Crippen LogP contribution >= 0.6 is 0 Å². The summed E-state index contributed by atoms with van der Waals surface area (Å²) >= 11 is 0. The number of hydrogen-bond acceptors (Lipinski definition) is 4. The Kier molecular flexibility index (Phi) is 6.92. The maximum atomic E-state index is 5.54. The van der Waals surface area contributed by atoms with Gasteiger partial charge in [-0.05, 0) is 38.5 Å². The van der Waals surface area contributed by atoms with Crippen LogP contribution in [-0.2, 0) is 9.47 Å². The van der Waals surface area contributed by atoms with Gasteiger partial charge in [0.15, 0.2) is 0 Å². The molecule has 1 fully saturated rings. The van der Waals surface area contributed by atoms with E-state index < -0.39 is 0 Å². The molecule has 0 aromatic rings. The summed E-state index contributed by atoms with van der Waals surface area (Å²) in [4.78, 5) is 0. The Balaban J connectivity index is 2.13. The van der Waals surface area contributed by atoms with Gasteiger partial charge < -0.3 is 9.47 Å². The number of rotatable bonds is 7. The summed E-state index contributed by atoms with van der Waals surface area (Å²) in [5.41, 5.74) is 2.89. The maximum Gasteiger partial charge on any atom is 0.0481 e. The second kappa shape index (κ2) is 8.05. The van der Waals surface area contributed by atoms with E-state index in [1.165, 1.54) is 12.8 Å². The van der Waals surface area contributed by atoms with Crippen LogP contribution in [0.5, 0.6) is 0 Å². The highest BCUT2D eigenvalue weighted by molar-refractivity contribution is 4.72.